The molecule has 0 spiro atoms. The minimum atomic E-state index is -0.875. The van der Waals surface area contributed by atoms with E-state index in [-0.39, 0.29) is 13.2 Å². The fraction of sp³-hybridized carbons (Fsp3) is 0.542. The highest BCUT2D eigenvalue weighted by Gasteiger charge is 2.26. The molecule has 1 aliphatic heterocycles. The summed E-state index contributed by atoms with van der Waals surface area (Å²) in [4.78, 5) is 34.8. The fourth-order valence-corrected chi connectivity index (χ4v) is 4.42. The molecule has 1 saturated heterocycles. The molecule has 10 nitrogen and oxygen atoms in total. The molecule has 1 aromatic carbocycles. The van der Waals surface area contributed by atoms with Crippen LogP contribution in [0.25, 0.3) is 11.2 Å². The number of nitrogens with zero attached hydrogens (tertiary/aromatic N) is 6. The maximum atomic E-state index is 13.1. The highest BCUT2D eigenvalue weighted by molar-refractivity contribution is 5.74. The lowest BCUT2D eigenvalue weighted by atomic mass is 10.2. The van der Waals surface area contributed by atoms with Gasteiger partial charge in [0.1, 0.15) is 18.5 Å². The Morgan fingerprint density at radius 2 is 1.82 bits per heavy atom. The Balaban J connectivity index is 1.66. The van der Waals surface area contributed by atoms with Crippen LogP contribution in [0.3, 0.4) is 0 Å². The molecule has 34 heavy (non-hydrogen) atoms. The summed E-state index contributed by atoms with van der Waals surface area (Å²) in [7, 11) is 3.07. The minimum absolute atomic E-state index is 0.0714. The zero-order chi connectivity index (χ0) is 24.4. The zero-order valence-electron chi connectivity index (χ0n) is 20.4. The van der Waals surface area contributed by atoms with Gasteiger partial charge >= 0.3 is 5.69 Å². The van der Waals surface area contributed by atoms with Crippen molar-refractivity contribution < 1.29 is 9.84 Å². The van der Waals surface area contributed by atoms with E-state index in [0.717, 1.165) is 49.3 Å². The van der Waals surface area contributed by atoms with Gasteiger partial charge in [-0.05, 0) is 30.7 Å². The quantitative estimate of drug-likeness (QED) is 0.514. The number of likely N-dealkylation sites (N-methyl/N-ethyl adjacent to an activating group) is 1. The van der Waals surface area contributed by atoms with E-state index >= 15 is 0 Å². The molecule has 1 aliphatic rings. The Morgan fingerprint density at radius 3 is 2.50 bits per heavy atom. The summed E-state index contributed by atoms with van der Waals surface area (Å²) in [6, 6.07) is 7.79. The first kappa shape index (κ1) is 24.0. The summed E-state index contributed by atoms with van der Waals surface area (Å²) in [6.07, 6.45) is 0.0255. The van der Waals surface area contributed by atoms with Crippen LogP contribution in [0.2, 0.25) is 0 Å². The van der Waals surface area contributed by atoms with Gasteiger partial charge in [-0.3, -0.25) is 13.9 Å². The normalized spacial score (nSPS) is 15.7. The lowest BCUT2D eigenvalue weighted by Crippen LogP contribution is -2.47. The van der Waals surface area contributed by atoms with Crippen molar-refractivity contribution in [2.45, 2.75) is 32.9 Å². The summed E-state index contributed by atoms with van der Waals surface area (Å²) >= 11 is 0. The molecular weight excluding hydrogens is 436 g/mol. The number of anilines is 1. The Kier molecular flexibility index (Phi) is 7.08. The van der Waals surface area contributed by atoms with Gasteiger partial charge in [-0.1, -0.05) is 26.0 Å². The SMILES string of the molecule is CCc1cccc(OCC(O)Cn2c(N3CCN(CC)CC3)nc3c2c(=O)n(C)c(=O)n3C)c1. The van der Waals surface area contributed by atoms with Crippen molar-refractivity contribution in [1.29, 1.82) is 0 Å². The number of aliphatic hydroxyl groups excluding tert-OH is 1. The van der Waals surface area contributed by atoms with E-state index < -0.39 is 17.4 Å². The van der Waals surface area contributed by atoms with Crippen molar-refractivity contribution in [3.63, 3.8) is 0 Å². The number of hydrogen-bond donors (Lipinski definition) is 1. The molecule has 1 N–H and O–H groups in total. The van der Waals surface area contributed by atoms with Crippen molar-refractivity contribution in [3.8, 4) is 5.75 Å². The Hall–Kier alpha value is -3.11. The summed E-state index contributed by atoms with van der Waals surface area (Å²) in [5.74, 6) is 1.29. The molecule has 2 aromatic heterocycles. The number of ether oxygens (including phenoxy) is 1. The molecule has 0 saturated carbocycles. The van der Waals surface area contributed by atoms with E-state index in [2.05, 4.69) is 23.6 Å². The number of aryl methyl sites for hydroxylation is 2. The zero-order valence-corrected chi connectivity index (χ0v) is 20.4. The average Bonchev–Trinajstić information content (AvgIpc) is 3.24. The van der Waals surface area contributed by atoms with Gasteiger partial charge < -0.3 is 24.2 Å². The second-order valence-corrected chi connectivity index (χ2v) is 8.79. The van der Waals surface area contributed by atoms with Crippen molar-refractivity contribution in [1.82, 2.24) is 23.6 Å². The van der Waals surface area contributed by atoms with Crippen LogP contribution in [-0.2, 0) is 27.1 Å². The van der Waals surface area contributed by atoms with Gasteiger partial charge in [0.25, 0.3) is 5.56 Å². The number of imidazole rings is 1. The summed E-state index contributed by atoms with van der Waals surface area (Å²) < 4.78 is 10.1. The van der Waals surface area contributed by atoms with Crippen LogP contribution >= 0.6 is 0 Å². The third-order valence-corrected chi connectivity index (χ3v) is 6.57. The minimum Gasteiger partial charge on any atom is -0.491 e. The fourth-order valence-electron chi connectivity index (χ4n) is 4.42. The Morgan fingerprint density at radius 1 is 1.09 bits per heavy atom. The van der Waals surface area contributed by atoms with Gasteiger partial charge in [0.2, 0.25) is 5.95 Å². The number of aromatic nitrogens is 4. The predicted octanol–water partition coefficient (Wildman–Crippen LogP) is 0.578. The maximum absolute atomic E-state index is 13.1. The van der Waals surface area contributed by atoms with Crippen molar-refractivity contribution in [3.05, 3.63) is 50.7 Å². The van der Waals surface area contributed by atoms with Crippen LogP contribution in [-0.4, -0.2) is 74.1 Å². The molecule has 4 rings (SSSR count). The van der Waals surface area contributed by atoms with Gasteiger partial charge in [0, 0.05) is 40.3 Å². The van der Waals surface area contributed by atoms with Crippen LogP contribution in [0.5, 0.6) is 5.75 Å². The van der Waals surface area contributed by atoms with E-state index in [4.69, 9.17) is 9.72 Å². The Labute approximate surface area is 198 Å². The van der Waals surface area contributed by atoms with Gasteiger partial charge in [-0.25, -0.2) is 4.79 Å². The lowest BCUT2D eigenvalue weighted by molar-refractivity contribution is 0.0935. The number of piperazine rings is 1. The number of rotatable bonds is 8. The van der Waals surface area contributed by atoms with Crippen molar-refractivity contribution in [2.75, 3.05) is 44.2 Å². The molecule has 3 heterocycles. The van der Waals surface area contributed by atoms with Gasteiger partial charge in [0.15, 0.2) is 11.2 Å². The van der Waals surface area contributed by atoms with Gasteiger partial charge in [-0.2, -0.15) is 4.98 Å². The molecule has 3 aromatic rings. The Bertz CT molecular complexity index is 1270. The summed E-state index contributed by atoms with van der Waals surface area (Å²) in [6.45, 7) is 8.66. The van der Waals surface area contributed by atoms with Crippen LogP contribution in [0.4, 0.5) is 5.95 Å². The standard InChI is InChI=1S/C24H34N6O4/c1-5-17-8-7-9-19(14-17)34-16-18(31)15-30-20-21(26(3)24(33)27(4)22(20)32)25-23(30)29-12-10-28(6-2)11-13-29/h7-9,14,18,31H,5-6,10-13,15-16H2,1-4H3. The largest absolute Gasteiger partial charge is 0.491 e. The molecule has 1 atom stereocenters. The molecule has 0 radical (unpaired) electrons. The first-order valence-electron chi connectivity index (χ1n) is 11.9. The lowest BCUT2D eigenvalue weighted by Gasteiger charge is -2.35. The van der Waals surface area contributed by atoms with Gasteiger partial charge in [-0.15, -0.1) is 0 Å². The van der Waals surface area contributed by atoms with E-state index in [0.29, 0.717) is 22.9 Å². The highest BCUT2D eigenvalue weighted by Crippen LogP contribution is 2.22. The maximum Gasteiger partial charge on any atom is 0.332 e. The van der Waals surface area contributed by atoms with E-state index in [1.165, 1.54) is 11.6 Å². The molecular formula is C24H34N6O4. The first-order chi connectivity index (χ1) is 16.3. The molecule has 184 valence electrons. The number of benzene rings is 1. The number of hydrogen-bond acceptors (Lipinski definition) is 7. The van der Waals surface area contributed by atoms with Crippen LogP contribution in [0.1, 0.15) is 19.4 Å². The van der Waals surface area contributed by atoms with E-state index in [9.17, 15) is 14.7 Å². The highest BCUT2D eigenvalue weighted by atomic mass is 16.5. The second kappa shape index (κ2) is 10.0. The third kappa shape index (κ3) is 4.60. The van der Waals surface area contributed by atoms with E-state index in [1.807, 2.05) is 24.3 Å². The van der Waals surface area contributed by atoms with Crippen molar-refractivity contribution in [2.24, 2.45) is 14.1 Å². The van der Waals surface area contributed by atoms with Crippen LogP contribution in [0, 0.1) is 0 Å². The summed E-state index contributed by atoms with van der Waals surface area (Å²) in [5.41, 5.74) is 0.942. The molecule has 0 bridgehead atoms. The number of fused-ring (bicyclic) bond motifs is 1. The summed E-state index contributed by atoms with van der Waals surface area (Å²) in [5, 5.41) is 10.9. The van der Waals surface area contributed by atoms with E-state index in [1.54, 1.807) is 11.6 Å². The molecule has 10 heteroatoms. The average molecular weight is 471 g/mol. The smallest absolute Gasteiger partial charge is 0.332 e. The topological polar surface area (TPSA) is 97.8 Å². The van der Waals surface area contributed by atoms with Crippen molar-refractivity contribution >= 4 is 17.1 Å². The third-order valence-electron chi connectivity index (χ3n) is 6.57. The number of aliphatic hydroxyl groups is 1. The molecule has 1 fully saturated rings. The molecule has 1 unspecified atom stereocenters. The van der Waals surface area contributed by atoms with Gasteiger partial charge in [0.05, 0.1) is 6.54 Å². The second-order valence-electron chi connectivity index (χ2n) is 8.79. The predicted molar refractivity (Wildman–Crippen MR) is 132 cm³/mol. The molecule has 0 amide bonds. The van der Waals surface area contributed by atoms with Crippen LogP contribution < -0.4 is 20.9 Å². The molecule has 0 aliphatic carbocycles. The monoisotopic (exact) mass is 470 g/mol. The van der Waals surface area contributed by atoms with Crippen LogP contribution in [0.15, 0.2) is 33.9 Å². The first-order valence-corrected chi connectivity index (χ1v) is 11.9.